The molecule has 0 aliphatic carbocycles. The Kier molecular flexibility index (Phi) is 5.56. The minimum Gasteiger partial charge on any atom is -0.497 e. The van der Waals surface area contributed by atoms with Gasteiger partial charge in [-0.2, -0.15) is 0 Å². The fraction of sp³-hybridized carbons (Fsp3) is 0.391. The molecule has 7 heteroatoms. The number of amides is 1. The van der Waals surface area contributed by atoms with Gasteiger partial charge in [-0.05, 0) is 68.9 Å². The van der Waals surface area contributed by atoms with Gasteiger partial charge in [0.05, 0.1) is 13.2 Å². The Morgan fingerprint density at radius 2 is 2.00 bits per heavy atom. The van der Waals surface area contributed by atoms with Crippen LogP contribution in [0.5, 0.6) is 11.5 Å². The van der Waals surface area contributed by atoms with Gasteiger partial charge >= 0.3 is 0 Å². The summed E-state index contributed by atoms with van der Waals surface area (Å²) in [6.45, 7) is 4.92. The molecule has 1 fully saturated rings. The van der Waals surface area contributed by atoms with E-state index in [4.69, 9.17) is 21.7 Å². The van der Waals surface area contributed by atoms with Gasteiger partial charge < -0.3 is 25.0 Å². The molecule has 6 nitrogen and oxygen atoms in total. The van der Waals surface area contributed by atoms with Gasteiger partial charge in [-0.15, -0.1) is 0 Å². The highest BCUT2D eigenvalue weighted by Crippen LogP contribution is 2.41. The largest absolute Gasteiger partial charge is 0.497 e. The van der Waals surface area contributed by atoms with Crippen molar-refractivity contribution in [1.29, 1.82) is 0 Å². The SMILES string of the molecule is COc1ccc2c(c1)OC(C)(C)C[C@H]2NC(=S)Nc1ccc(N2CCCC2=O)cc1. The molecule has 2 aliphatic rings. The minimum absolute atomic E-state index is 0.0242. The third kappa shape index (κ3) is 4.36. The molecule has 0 saturated carbocycles. The second-order valence-electron chi connectivity index (χ2n) is 8.32. The molecular weight excluding hydrogens is 398 g/mol. The zero-order valence-electron chi connectivity index (χ0n) is 17.5. The third-order valence-electron chi connectivity index (χ3n) is 5.49. The van der Waals surface area contributed by atoms with Crippen LogP contribution in [-0.2, 0) is 4.79 Å². The Balaban J connectivity index is 1.44. The first-order valence-electron chi connectivity index (χ1n) is 10.2. The van der Waals surface area contributed by atoms with Gasteiger partial charge in [0.15, 0.2) is 5.11 Å². The van der Waals surface area contributed by atoms with Crippen molar-refractivity contribution < 1.29 is 14.3 Å². The second kappa shape index (κ2) is 8.14. The van der Waals surface area contributed by atoms with Gasteiger partial charge in [0.1, 0.15) is 17.1 Å². The van der Waals surface area contributed by atoms with Gasteiger partial charge in [-0.25, -0.2) is 0 Å². The number of ether oxygens (including phenoxy) is 2. The van der Waals surface area contributed by atoms with E-state index >= 15 is 0 Å². The number of methoxy groups -OCH3 is 1. The van der Waals surface area contributed by atoms with E-state index in [1.54, 1.807) is 7.11 Å². The lowest BCUT2D eigenvalue weighted by atomic mass is 9.89. The molecule has 2 aliphatic heterocycles. The van der Waals surface area contributed by atoms with Crippen molar-refractivity contribution in [2.45, 2.75) is 44.8 Å². The number of carbonyl (C=O) groups is 1. The molecule has 1 atom stereocenters. The summed E-state index contributed by atoms with van der Waals surface area (Å²) in [6.07, 6.45) is 2.33. The zero-order valence-corrected chi connectivity index (χ0v) is 18.3. The van der Waals surface area contributed by atoms with Crippen molar-refractivity contribution >= 4 is 34.6 Å². The number of anilines is 2. The molecule has 0 radical (unpaired) electrons. The molecule has 0 bridgehead atoms. The third-order valence-corrected chi connectivity index (χ3v) is 5.71. The van der Waals surface area contributed by atoms with Crippen LogP contribution in [0.2, 0.25) is 0 Å². The summed E-state index contributed by atoms with van der Waals surface area (Å²) in [4.78, 5) is 13.7. The van der Waals surface area contributed by atoms with Crippen molar-refractivity contribution in [2.24, 2.45) is 0 Å². The van der Waals surface area contributed by atoms with Crippen LogP contribution in [0.4, 0.5) is 11.4 Å². The van der Waals surface area contributed by atoms with Crippen LogP contribution in [0.1, 0.15) is 44.7 Å². The quantitative estimate of drug-likeness (QED) is 0.708. The highest BCUT2D eigenvalue weighted by atomic mass is 32.1. The van der Waals surface area contributed by atoms with Gasteiger partial charge in [0.2, 0.25) is 5.91 Å². The smallest absolute Gasteiger partial charge is 0.227 e. The average molecular weight is 426 g/mol. The van der Waals surface area contributed by atoms with Gasteiger partial charge in [-0.3, -0.25) is 4.79 Å². The molecule has 30 heavy (non-hydrogen) atoms. The fourth-order valence-corrected chi connectivity index (χ4v) is 4.32. The first-order valence-corrected chi connectivity index (χ1v) is 10.6. The second-order valence-corrected chi connectivity index (χ2v) is 8.72. The maximum absolute atomic E-state index is 11.9. The Morgan fingerprint density at radius 1 is 1.23 bits per heavy atom. The highest BCUT2D eigenvalue weighted by molar-refractivity contribution is 7.80. The number of benzene rings is 2. The van der Waals surface area contributed by atoms with Crippen molar-refractivity contribution in [2.75, 3.05) is 23.9 Å². The number of hydrogen-bond donors (Lipinski definition) is 2. The summed E-state index contributed by atoms with van der Waals surface area (Å²) in [7, 11) is 1.65. The van der Waals surface area contributed by atoms with Crippen LogP contribution in [-0.4, -0.2) is 30.3 Å². The number of fused-ring (bicyclic) bond motifs is 1. The predicted octanol–water partition coefficient (Wildman–Crippen LogP) is 4.41. The first kappa shape index (κ1) is 20.5. The molecule has 0 unspecified atom stereocenters. The lowest BCUT2D eigenvalue weighted by Crippen LogP contribution is -2.42. The Hall–Kier alpha value is -2.80. The van der Waals surface area contributed by atoms with E-state index in [-0.39, 0.29) is 17.6 Å². The molecule has 2 heterocycles. The van der Waals surface area contributed by atoms with Crippen LogP contribution in [0.15, 0.2) is 42.5 Å². The molecule has 0 spiro atoms. The fourth-order valence-electron chi connectivity index (χ4n) is 4.06. The molecule has 1 saturated heterocycles. The number of hydrogen-bond acceptors (Lipinski definition) is 4. The summed E-state index contributed by atoms with van der Waals surface area (Å²) in [5.74, 6) is 1.76. The minimum atomic E-state index is -0.323. The molecule has 158 valence electrons. The lowest BCUT2D eigenvalue weighted by Gasteiger charge is -2.38. The van der Waals surface area contributed by atoms with Gasteiger partial charge in [0.25, 0.3) is 0 Å². The number of nitrogens with zero attached hydrogens (tertiary/aromatic N) is 1. The monoisotopic (exact) mass is 425 g/mol. The van der Waals surface area contributed by atoms with E-state index in [2.05, 4.69) is 24.5 Å². The Bertz CT molecular complexity index is 959. The zero-order chi connectivity index (χ0) is 21.3. The average Bonchev–Trinajstić information content (AvgIpc) is 3.13. The van der Waals surface area contributed by atoms with Crippen LogP contribution >= 0.6 is 12.2 Å². The maximum atomic E-state index is 11.9. The Morgan fingerprint density at radius 3 is 2.67 bits per heavy atom. The molecule has 4 rings (SSSR count). The summed E-state index contributed by atoms with van der Waals surface area (Å²) in [5.41, 5.74) is 2.54. The Labute approximate surface area is 182 Å². The summed E-state index contributed by atoms with van der Waals surface area (Å²) >= 11 is 5.58. The summed E-state index contributed by atoms with van der Waals surface area (Å²) in [6, 6.07) is 13.7. The summed E-state index contributed by atoms with van der Waals surface area (Å²) in [5, 5.41) is 7.22. The number of rotatable bonds is 4. The van der Waals surface area contributed by atoms with Crippen molar-refractivity contribution in [3.05, 3.63) is 48.0 Å². The van der Waals surface area contributed by atoms with Gasteiger partial charge in [-0.1, -0.05) is 0 Å². The first-order chi connectivity index (χ1) is 14.3. The van der Waals surface area contributed by atoms with E-state index in [1.165, 1.54) is 0 Å². The molecule has 2 N–H and O–H groups in total. The topological polar surface area (TPSA) is 62.8 Å². The molecule has 1 amide bonds. The van der Waals surface area contributed by atoms with Gasteiger partial charge in [0, 0.05) is 42.4 Å². The van der Waals surface area contributed by atoms with Crippen LogP contribution in [0.3, 0.4) is 0 Å². The molecular formula is C23H27N3O3S. The molecule has 2 aromatic carbocycles. The predicted molar refractivity (Wildman–Crippen MR) is 122 cm³/mol. The lowest BCUT2D eigenvalue weighted by molar-refractivity contribution is -0.117. The number of carbonyl (C=O) groups excluding carboxylic acids is 1. The highest BCUT2D eigenvalue weighted by Gasteiger charge is 2.34. The molecule has 2 aromatic rings. The van der Waals surface area contributed by atoms with E-state index in [9.17, 15) is 4.79 Å². The van der Waals surface area contributed by atoms with Crippen molar-refractivity contribution in [1.82, 2.24) is 5.32 Å². The maximum Gasteiger partial charge on any atom is 0.227 e. The van der Waals surface area contributed by atoms with Crippen molar-refractivity contribution in [3.63, 3.8) is 0 Å². The van der Waals surface area contributed by atoms with E-state index in [0.29, 0.717) is 11.5 Å². The standard InChI is InChI=1S/C23H27N3O3S/c1-23(2)14-19(18-11-10-17(28-3)13-20(18)29-23)25-22(30)24-15-6-8-16(9-7-15)26-12-4-5-21(26)27/h6-11,13,19H,4-5,12,14H2,1-3H3,(H2,24,25,30)/t19-/m1/s1. The van der Waals surface area contributed by atoms with Crippen LogP contribution in [0, 0.1) is 0 Å². The normalized spacial score (nSPS) is 19.6. The molecule has 0 aromatic heterocycles. The summed E-state index contributed by atoms with van der Waals surface area (Å²) < 4.78 is 11.5. The van der Waals surface area contributed by atoms with E-state index < -0.39 is 0 Å². The van der Waals surface area contributed by atoms with Crippen LogP contribution < -0.4 is 25.0 Å². The van der Waals surface area contributed by atoms with Crippen molar-refractivity contribution in [3.8, 4) is 11.5 Å². The van der Waals surface area contributed by atoms with E-state index in [1.807, 2.05) is 47.4 Å². The number of thiocarbonyl (C=S) groups is 1. The van der Waals surface area contributed by atoms with Crippen LogP contribution in [0.25, 0.3) is 0 Å². The van der Waals surface area contributed by atoms with E-state index in [0.717, 1.165) is 47.8 Å². The number of nitrogens with one attached hydrogen (secondary N) is 2.